The number of carbonyl (C=O) groups excluding carboxylic acids is 1. The maximum Gasteiger partial charge on any atom is 0.355 e. The number of benzene rings is 1. The van der Waals surface area contributed by atoms with Gasteiger partial charge in [0.2, 0.25) is 0 Å². The van der Waals surface area contributed by atoms with Crippen molar-refractivity contribution in [1.29, 1.82) is 0 Å². The van der Waals surface area contributed by atoms with Crippen molar-refractivity contribution in [2.75, 3.05) is 7.11 Å². The minimum Gasteiger partial charge on any atom is -0.480 e. The maximum atomic E-state index is 12.9. The van der Waals surface area contributed by atoms with E-state index in [0.717, 1.165) is 4.40 Å². The topological polar surface area (TPSA) is 97.0 Å². The van der Waals surface area contributed by atoms with Crippen molar-refractivity contribution in [3.8, 4) is 6.01 Å². The Hall–Kier alpha value is -3.00. The fourth-order valence-electron chi connectivity index (χ4n) is 2.20. The highest BCUT2D eigenvalue weighted by Gasteiger charge is 2.20. The van der Waals surface area contributed by atoms with Crippen LogP contribution >= 0.6 is 0 Å². The Labute approximate surface area is 129 Å². The Kier molecular flexibility index (Phi) is 3.67. The first-order valence-electron chi connectivity index (χ1n) is 6.61. The molecular formula is C15H12FN3O4. The molecule has 1 aromatic carbocycles. The van der Waals surface area contributed by atoms with Crippen LogP contribution in [0.4, 0.5) is 4.39 Å². The van der Waals surface area contributed by atoms with E-state index in [1.807, 2.05) is 0 Å². The number of nitrogens with zero attached hydrogens (tertiary/aromatic N) is 3. The molecule has 8 heteroatoms. The molecule has 2 N–H and O–H groups in total. The summed E-state index contributed by atoms with van der Waals surface area (Å²) in [6, 6.07) is 7.56. The van der Waals surface area contributed by atoms with Crippen LogP contribution in [-0.2, 0) is 4.74 Å². The van der Waals surface area contributed by atoms with Crippen molar-refractivity contribution < 1.29 is 24.1 Å². The summed E-state index contributed by atoms with van der Waals surface area (Å²) in [7, 11) is 1.21. The third-order valence-corrected chi connectivity index (χ3v) is 3.33. The summed E-state index contributed by atoms with van der Waals surface area (Å²) in [5.41, 5.74) is 0.645. The molecule has 0 aliphatic rings. The van der Waals surface area contributed by atoms with Crippen LogP contribution in [-0.4, -0.2) is 37.7 Å². The molecule has 23 heavy (non-hydrogen) atoms. The number of aliphatic hydroxyl groups is 1. The van der Waals surface area contributed by atoms with Crippen LogP contribution in [0.25, 0.3) is 5.65 Å². The Bertz CT molecular complexity index is 876. The Morgan fingerprint density at radius 3 is 2.57 bits per heavy atom. The molecule has 0 fully saturated rings. The Morgan fingerprint density at radius 1 is 1.22 bits per heavy atom. The van der Waals surface area contributed by atoms with Gasteiger partial charge in [-0.05, 0) is 29.8 Å². The molecule has 1 atom stereocenters. The molecule has 0 radical (unpaired) electrons. The van der Waals surface area contributed by atoms with E-state index in [0.29, 0.717) is 5.56 Å². The second kappa shape index (κ2) is 5.65. The molecular weight excluding hydrogens is 305 g/mol. The predicted molar refractivity (Wildman–Crippen MR) is 76.5 cm³/mol. The van der Waals surface area contributed by atoms with Gasteiger partial charge in [0.1, 0.15) is 23.3 Å². The molecule has 0 aliphatic heterocycles. The lowest BCUT2D eigenvalue weighted by atomic mass is 10.1. The van der Waals surface area contributed by atoms with Gasteiger partial charge in [-0.2, -0.15) is 4.98 Å². The molecule has 118 valence electrons. The van der Waals surface area contributed by atoms with Crippen molar-refractivity contribution in [2.45, 2.75) is 6.10 Å². The van der Waals surface area contributed by atoms with Crippen LogP contribution in [0.1, 0.15) is 28.0 Å². The van der Waals surface area contributed by atoms with E-state index in [-0.39, 0.29) is 17.2 Å². The minimum absolute atomic E-state index is 0.0582. The van der Waals surface area contributed by atoms with Crippen LogP contribution in [0.5, 0.6) is 6.01 Å². The number of halogens is 1. The van der Waals surface area contributed by atoms with Crippen molar-refractivity contribution in [2.24, 2.45) is 0 Å². The largest absolute Gasteiger partial charge is 0.480 e. The van der Waals surface area contributed by atoms with Gasteiger partial charge in [0, 0.05) is 0 Å². The fraction of sp³-hybridized carbons (Fsp3) is 0.133. The van der Waals surface area contributed by atoms with Gasteiger partial charge in [-0.25, -0.2) is 18.6 Å². The number of aliphatic hydroxyl groups excluding tert-OH is 1. The van der Waals surface area contributed by atoms with E-state index in [9.17, 15) is 19.4 Å². The standard InChI is InChI=1S/C15H12FN3O4/c1-23-14(21)10-6-7-11-17-13(18-15(22)19(10)11)12(20)8-2-4-9(16)5-3-8/h2-7,12,20H,1H3,(H,17,18,22). The number of carbonyl (C=O) groups is 1. The Balaban J connectivity index is 2.06. The molecule has 3 aromatic rings. The van der Waals surface area contributed by atoms with Crippen molar-refractivity contribution >= 4 is 11.6 Å². The molecule has 0 saturated carbocycles. The van der Waals surface area contributed by atoms with Crippen LogP contribution in [0, 0.1) is 5.82 Å². The molecule has 7 nitrogen and oxygen atoms in total. The first kappa shape index (κ1) is 14.9. The molecule has 2 aromatic heterocycles. The number of fused-ring (bicyclic) bond motifs is 1. The third-order valence-electron chi connectivity index (χ3n) is 3.33. The van der Waals surface area contributed by atoms with Crippen molar-refractivity contribution in [3.63, 3.8) is 0 Å². The van der Waals surface area contributed by atoms with E-state index in [1.54, 1.807) is 0 Å². The highest BCUT2D eigenvalue weighted by atomic mass is 19.1. The number of rotatable bonds is 3. The van der Waals surface area contributed by atoms with Gasteiger partial charge >= 0.3 is 12.0 Å². The smallest absolute Gasteiger partial charge is 0.355 e. The number of esters is 1. The minimum atomic E-state index is -1.25. The van der Waals surface area contributed by atoms with E-state index in [1.165, 1.54) is 43.5 Å². The van der Waals surface area contributed by atoms with Crippen molar-refractivity contribution in [1.82, 2.24) is 14.4 Å². The summed E-state index contributed by atoms with van der Waals surface area (Å²) in [5, 5.41) is 20.3. The predicted octanol–water partition coefficient (Wildman–Crippen LogP) is 1.44. The van der Waals surface area contributed by atoms with Crippen LogP contribution in [0.2, 0.25) is 0 Å². The van der Waals surface area contributed by atoms with Gasteiger partial charge in [-0.3, -0.25) is 0 Å². The lowest BCUT2D eigenvalue weighted by molar-refractivity contribution is 0.0591. The number of methoxy groups -OCH3 is 1. The zero-order valence-electron chi connectivity index (χ0n) is 12.0. The summed E-state index contributed by atoms with van der Waals surface area (Å²) in [4.78, 5) is 19.5. The second-order valence-corrected chi connectivity index (χ2v) is 4.74. The van der Waals surface area contributed by atoms with Gasteiger partial charge in [-0.15, -0.1) is 0 Å². The number of hydrogen-bond acceptors (Lipinski definition) is 6. The summed E-state index contributed by atoms with van der Waals surface area (Å²) in [6.45, 7) is 0. The highest BCUT2D eigenvalue weighted by Crippen LogP contribution is 2.23. The number of aromatic nitrogens is 3. The highest BCUT2D eigenvalue weighted by molar-refractivity contribution is 5.89. The summed E-state index contributed by atoms with van der Waals surface area (Å²) >= 11 is 0. The zero-order chi connectivity index (χ0) is 16.6. The number of hydrogen-bond donors (Lipinski definition) is 2. The normalized spacial score (nSPS) is 12.3. The van der Waals surface area contributed by atoms with E-state index < -0.39 is 23.9 Å². The van der Waals surface area contributed by atoms with Gasteiger partial charge in [0.25, 0.3) is 0 Å². The van der Waals surface area contributed by atoms with Crippen LogP contribution in [0.3, 0.4) is 0 Å². The second-order valence-electron chi connectivity index (χ2n) is 4.74. The quantitative estimate of drug-likeness (QED) is 0.710. The summed E-state index contributed by atoms with van der Waals surface area (Å²) in [6.07, 6.45) is -1.25. The van der Waals surface area contributed by atoms with Gasteiger partial charge in [-0.1, -0.05) is 12.1 Å². The zero-order valence-corrected chi connectivity index (χ0v) is 12.0. The van der Waals surface area contributed by atoms with Crippen molar-refractivity contribution in [3.05, 3.63) is 59.3 Å². The molecule has 0 saturated heterocycles. The van der Waals surface area contributed by atoms with Gasteiger partial charge in [0.15, 0.2) is 5.82 Å². The number of aromatic hydroxyl groups is 1. The Morgan fingerprint density at radius 2 is 1.91 bits per heavy atom. The van der Waals surface area contributed by atoms with E-state index in [4.69, 9.17) is 0 Å². The lowest BCUT2D eigenvalue weighted by Crippen LogP contribution is -2.11. The molecule has 0 spiro atoms. The van der Waals surface area contributed by atoms with Crippen LogP contribution in [0.15, 0.2) is 36.4 Å². The fourth-order valence-corrected chi connectivity index (χ4v) is 2.20. The lowest BCUT2D eigenvalue weighted by Gasteiger charge is -2.11. The molecule has 0 aliphatic carbocycles. The third kappa shape index (κ3) is 2.59. The van der Waals surface area contributed by atoms with Gasteiger partial charge in [0.05, 0.1) is 7.11 Å². The first-order valence-corrected chi connectivity index (χ1v) is 6.61. The molecule has 0 amide bonds. The molecule has 2 heterocycles. The van der Waals surface area contributed by atoms with Crippen LogP contribution < -0.4 is 0 Å². The molecule has 0 bridgehead atoms. The van der Waals surface area contributed by atoms with E-state index in [2.05, 4.69) is 14.7 Å². The average Bonchev–Trinajstić information content (AvgIpc) is 2.98. The summed E-state index contributed by atoms with van der Waals surface area (Å²) in [5.74, 6) is -1.17. The van der Waals surface area contributed by atoms with E-state index >= 15 is 0 Å². The molecule has 1 unspecified atom stereocenters. The first-order chi connectivity index (χ1) is 11.0. The van der Waals surface area contributed by atoms with Gasteiger partial charge < -0.3 is 14.9 Å². The maximum absolute atomic E-state index is 12.9. The average molecular weight is 317 g/mol. The molecule has 3 rings (SSSR count). The monoisotopic (exact) mass is 317 g/mol. The number of ether oxygens (including phenoxy) is 1. The SMILES string of the molecule is COC(=O)c1ccc2nc(C(O)c3ccc(F)cc3)nc(O)n12. The summed E-state index contributed by atoms with van der Waals surface area (Å²) < 4.78 is 18.6.